The van der Waals surface area contributed by atoms with E-state index in [1.54, 1.807) is 27.4 Å². The van der Waals surface area contributed by atoms with E-state index in [4.69, 9.17) is 19.3 Å². The lowest BCUT2D eigenvalue weighted by Crippen LogP contribution is -2.47. The first-order chi connectivity index (χ1) is 15.5. The van der Waals surface area contributed by atoms with Crippen LogP contribution >= 0.6 is 0 Å². The number of hydrogen-bond acceptors (Lipinski definition) is 6. The molecule has 0 spiro atoms. The van der Waals surface area contributed by atoms with E-state index in [0.717, 1.165) is 43.6 Å². The minimum absolute atomic E-state index is 0.105. The van der Waals surface area contributed by atoms with Gasteiger partial charge < -0.3 is 24.3 Å². The number of aliphatic hydroxyl groups is 1. The predicted octanol–water partition coefficient (Wildman–Crippen LogP) is 3.82. The molecule has 7 nitrogen and oxygen atoms in total. The molecule has 2 aliphatic rings. The number of H-pyrrole nitrogens is 1. The summed E-state index contributed by atoms with van der Waals surface area (Å²) in [6.45, 7) is 6.12. The molecule has 1 aromatic carbocycles. The molecule has 0 aliphatic carbocycles. The van der Waals surface area contributed by atoms with E-state index in [1.165, 1.54) is 23.8 Å². The number of esters is 1. The van der Waals surface area contributed by atoms with Gasteiger partial charge in [-0.15, -0.1) is 0 Å². The highest BCUT2D eigenvalue weighted by Gasteiger charge is 2.42. The molecule has 7 heteroatoms. The molecular formula is C25H36N2O5. The molecule has 176 valence electrons. The number of ether oxygens (including phenoxy) is 3. The lowest BCUT2D eigenvalue weighted by molar-refractivity contribution is -0.137. The van der Waals surface area contributed by atoms with Crippen LogP contribution in [0.3, 0.4) is 0 Å². The van der Waals surface area contributed by atoms with E-state index in [9.17, 15) is 4.79 Å². The molecule has 32 heavy (non-hydrogen) atoms. The highest BCUT2D eigenvalue weighted by Crippen LogP contribution is 2.47. The molecule has 0 bridgehead atoms. The van der Waals surface area contributed by atoms with Gasteiger partial charge in [0.05, 0.1) is 39.2 Å². The number of benzene rings is 1. The summed E-state index contributed by atoms with van der Waals surface area (Å²) < 4.78 is 16.0. The van der Waals surface area contributed by atoms with E-state index < -0.39 is 0 Å². The number of aliphatic hydroxyl groups excluding tert-OH is 1. The fraction of sp³-hybridized carbons (Fsp3) is 0.560. The zero-order valence-electron chi connectivity index (χ0n) is 19.8. The van der Waals surface area contributed by atoms with Gasteiger partial charge in [-0.05, 0) is 49.3 Å². The first-order valence-electron chi connectivity index (χ1n) is 11.4. The number of aromatic amines is 1. The summed E-state index contributed by atoms with van der Waals surface area (Å²) >= 11 is 0. The minimum Gasteiger partial charge on any atom is -0.504 e. The quantitative estimate of drug-likeness (QED) is 0.414. The largest absolute Gasteiger partial charge is 0.504 e. The number of nitrogens with one attached hydrogen (secondary N) is 1. The molecule has 2 aliphatic heterocycles. The van der Waals surface area contributed by atoms with Crippen LogP contribution in [0.2, 0.25) is 0 Å². The van der Waals surface area contributed by atoms with Gasteiger partial charge in [-0.25, -0.2) is 4.79 Å². The van der Waals surface area contributed by atoms with Crippen LogP contribution < -0.4 is 4.74 Å². The third-order valence-electron chi connectivity index (χ3n) is 6.67. The number of piperidine rings is 1. The van der Waals surface area contributed by atoms with Crippen LogP contribution in [0.4, 0.5) is 0 Å². The van der Waals surface area contributed by atoms with Crippen molar-refractivity contribution in [2.24, 2.45) is 11.8 Å². The molecule has 3 heterocycles. The second-order valence-electron chi connectivity index (χ2n) is 8.29. The van der Waals surface area contributed by atoms with E-state index in [1.807, 2.05) is 12.1 Å². The first kappa shape index (κ1) is 24.1. The number of aromatic nitrogens is 1. The van der Waals surface area contributed by atoms with Crippen molar-refractivity contribution in [2.45, 2.75) is 39.2 Å². The SMILES string of the molecule is CCO.CC[C@@H]1CN2CCc3c([nH]c4cccc(OC)c34)[C@@H]2C[C@@H]1/C(=C\OC)C(=O)OC. The number of carbonyl (C=O) groups excluding carboxylic acids is 1. The van der Waals surface area contributed by atoms with Gasteiger partial charge in [-0.1, -0.05) is 19.4 Å². The van der Waals surface area contributed by atoms with Crippen LogP contribution in [-0.2, 0) is 20.7 Å². The van der Waals surface area contributed by atoms with E-state index in [0.29, 0.717) is 11.5 Å². The Morgan fingerprint density at radius 3 is 2.66 bits per heavy atom. The van der Waals surface area contributed by atoms with Gasteiger partial charge in [-0.3, -0.25) is 4.90 Å². The fourth-order valence-corrected chi connectivity index (χ4v) is 5.28. The second-order valence-corrected chi connectivity index (χ2v) is 8.29. The zero-order chi connectivity index (χ0) is 23.3. The van der Waals surface area contributed by atoms with Crippen molar-refractivity contribution in [2.75, 3.05) is 41.0 Å². The number of carbonyl (C=O) groups is 1. The molecule has 0 unspecified atom stereocenters. The van der Waals surface area contributed by atoms with Crippen LogP contribution in [0.1, 0.15) is 44.0 Å². The van der Waals surface area contributed by atoms with E-state index in [-0.39, 0.29) is 24.5 Å². The lowest BCUT2D eigenvalue weighted by Gasteiger charge is -2.46. The van der Waals surface area contributed by atoms with Crippen molar-refractivity contribution in [3.8, 4) is 5.75 Å². The van der Waals surface area contributed by atoms with Crippen molar-refractivity contribution in [3.05, 3.63) is 41.3 Å². The molecule has 1 fully saturated rings. The van der Waals surface area contributed by atoms with Gasteiger partial charge in [0.15, 0.2) is 0 Å². The summed E-state index contributed by atoms with van der Waals surface area (Å²) in [5, 5.41) is 8.76. The van der Waals surface area contributed by atoms with Crippen molar-refractivity contribution in [1.82, 2.24) is 9.88 Å². The maximum atomic E-state index is 12.5. The maximum absolute atomic E-state index is 12.5. The van der Waals surface area contributed by atoms with Gasteiger partial charge in [0.25, 0.3) is 0 Å². The molecule has 0 saturated carbocycles. The zero-order valence-corrected chi connectivity index (χ0v) is 19.8. The highest BCUT2D eigenvalue weighted by molar-refractivity contribution is 5.91. The molecular weight excluding hydrogens is 408 g/mol. The number of rotatable bonds is 5. The van der Waals surface area contributed by atoms with Gasteiger partial charge in [-0.2, -0.15) is 0 Å². The third kappa shape index (κ3) is 4.50. The van der Waals surface area contributed by atoms with E-state index in [2.05, 4.69) is 22.9 Å². The van der Waals surface area contributed by atoms with Crippen molar-refractivity contribution < 1.29 is 24.1 Å². The van der Waals surface area contributed by atoms with Crippen LogP contribution in [0.25, 0.3) is 10.9 Å². The fourth-order valence-electron chi connectivity index (χ4n) is 5.28. The Hall–Kier alpha value is -2.51. The van der Waals surface area contributed by atoms with Crippen LogP contribution in [0.15, 0.2) is 30.0 Å². The number of hydrogen-bond donors (Lipinski definition) is 2. The monoisotopic (exact) mass is 444 g/mol. The van der Waals surface area contributed by atoms with Crippen LogP contribution in [-0.4, -0.2) is 62.0 Å². The van der Waals surface area contributed by atoms with Crippen LogP contribution in [0, 0.1) is 11.8 Å². The van der Waals surface area contributed by atoms with Gasteiger partial charge >= 0.3 is 5.97 Å². The average molecular weight is 445 g/mol. The summed E-state index contributed by atoms with van der Waals surface area (Å²) in [5.74, 6) is 1.12. The highest BCUT2D eigenvalue weighted by atomic mass is 16.5. The smallest absolute Gasteiger partial charge is 0.337 e. The molecule has 1 aromatic heterocycles. The molecule has 3 atom stereocenters. The van der Waals surface area contributed by atoms with Crippen LogP contribution in [0.5, 0.6) is 5.75 Å². The third-order valence-corrected chi connectivity index (χ3v) is 6.67. The Bertz CT molecular complexity index is 951. The standard InChI is InChI=1S/C23H30N2O4.C2H6O/c1-5-14-12-25-10-9-15-21-18(7-6-8-20(21)28-3)24-22(15)19(25)11-16(14)17(13-27-2)23(26)29-4;1-2-3/h6-8,13-14,16,19,24H,5,9-12H2,1-4H3;3H,2H2,1H3/b17-13+;/t14-,16+,19+;/m1./s1. The Labute approximate surface area is 190 Å². The summed E-state index contributed by atoms with van der Waals surface area (Å²) in [6, 6.07) is 6.40. The minimum atomic E-state index is -0.293. The lowest BCUT2D eigenvalue weighted by atomic mass is 9.74. The van der Waals surface area contributed by atoms with E-state index >= 15 is 0 Å². The Morgan fingerprint density at radius 2 is 2.03 bits per heavy atom. The molecule has 4 rings (SSSR count). The topological polar surface area (TPSA) is 84.0 Å². The Morgan fingerprint density at radius 1 is 1.28 bits per heavy atom. The summed E-state index contributed by atoms with van der Waals surface area (Å²) in [6.07, 6.45) is 4.46. The molecule has 2 N–H and O–H groups in total. The van der Waals surface area contributed by atoms with Gasteiger partial charge in [0.1, 0.15) is 5.75 Å². The predicted molar refractivity (Wildman–Crippen MR) is 125 cm³/mol. The normalized spacial score (nSPS) is 22.9. The number of fused-ring (bicyclic) bond motifs is 5. The second kappa shape index (κ2) is 10.9. The molecule has 0 radical (unpaired) electrons. The van der Waals surface area contributed by atoms with Crippen molar-refractivity contribution in [3.63, 3.8) is 0 Å². The summed E-state index contributed by atoms with van der Waals surface area (Å²) in [4.78, 5) is 18.7. The molecule has 0 amide bonds. The summed E-state index contributed by atoms with van der Waals surface area (Å²) in [5.41, 5.74) is 4.37. The van der Waals surface area contributed by atoms with Crippen molar-refractivity contribution in [1.29, 1.82) is 0 Å². The Balaban J connectivity index is 0.000000913. The molecule has 2 aromatic rings. The molecule has 1 saturated heterocycles. The van der Waals surface area contributed by atoms with Gasteiger partial charge in [0, 0.05) is 36.3 Å². The van der Waals surface area contributed by atoms with Gasteiger partial charge in [0.2, 0.25) is 0 Å². The average Bonchev–Trinajstić information content (AvgIpc) is 3.21. The maximum Gasteiger partial charge on any atom is 0.337 e. The summed E-state index contributed by atoms with van der Waals surface area (Å²) in [7, 11) is 4.75. The van der Waals surface area contributed by atoms with Crippen molar-refractivity contribution >= 4 is 16.9 Å². The number of methoxy groups -OCH3 is 3. The first-order valence-corrected chi connectivity index (χ1v) is 11.4. The number of nitrogens with zero attached hydrogens (tertiary/aromatic N) is 1. The Kier molecular flexibility index (Phi) is 8.21.